The van der Waals surface area contributed by atoms with E-state index in [1.807, 2.05) is 60.7 Å². The third kappa shape index (κ3) is 4.97. The molecule has 3 aromatic carbocycles. The van der Waals surface area contributed by atoms with Gasteiger partial charge in [-0.05, 0) is 33.1 Å². The molecule has 224 valence electrons. The Morgan fingerprint density at radius 3 is 1.98 bits per heavy atom. The molecule has 1 aliphatic carbocycles. The van der Waals surface area contributed by atoms with Crippen molar-refractivity contribution in [2.75, 3.05) is 21.0 Å². The molecule has 42 heavy (non-hydrogen) atoms. The molecular weight excluding hydrogens is 556 g/mol. The van der Waals surface area contributed by atoms with Crippen LogP contribution < -0.4 is 24.6 Å². The Balaban J connectivity index is 1.68. The van der Waals surface area contributed by atoms with Crippen molar-refractivity contribution in [3.63, 3.8) is 0 Å². The fourth-order valence-corrected chi connectivity index (χ4v) is 11.1. The van der Waals surface area contributed by atoms with Gasteiger partial charge in [0.2, 0.25) is 12.5 Å². The van der Waals surface area contributed by atoms with Gasteiger partial charge in [-0.2, -0.15) is 0 Å². The van der Waals surface area contributed by atoms with Gasteiger partial charge in [0.15, 0.2) is 11.5 Å². The van der Waals surface area contributed by atoms with E-state index in [0.29, 0.717) is 22.8 Å². The van der Waals surface area contributed by atoms with Gasteiger partial charge in [0, 0.05) is 5.92 Å². The summed E-state index contributed by atoms with van der Waals surface area (Å²) in [6.45, 7) is 6.22. The Hall–Kier alpha value is -3.41. The number of fused-ring (bicyclic) bond motifs is 1. The van der Waals surface area contributed by atoms with E-state index in [4.69, 9.17) is 23.4 Å². The first-order chi connectivity index (χ1) is 20.0. The lowest BCUT2D eigenvalue weighted by atomic mass is 9.69. The lowest BCUT2D eigenvalue weighted by Gasteiger charge is -2.51. The molecule has 2 aliphatic rings. The van der Waals surface area contributed by atoms with Crippen molar-refractivity contribution in [2.45, 2.75) is 56.1 Å². The summed E-state index contributed by atoms with van der Waals surface area (Å²) in [4.78, 5) is 13.1. The number of carbonyl (C=O) groups excluding carboxylic acids is 1. The fourth-order valence-electron chi connectivity index (χ4n) is 6.44. The van der Waals surface area contributed by atoms with E-state index < -0.39 is 55.6 Å². The molecule has 1 saturated carbocycles. The van der Waals surface area contributed by atoms with E-state index in [1.54, 1.807) is 12.1 Å². The van der Waals surface area contributed by atoms with Crippen LogP contribution in [-0.2, 0) is 14.0 Å². The maximum Gasteiger partial charge on any atom is 0.312 e. The van der Waals surface area contributed by atoms with Crippen molar-refractivity contribution in [3.8, 4) is 17.2 Å². The smallest absolute Gasteiger partial charge is 0.312 e. The number of aliphatic hydroxyl groups is 3. The summed E-state index contributed by atoms with van der Waals surface area (Å²) in [5, 5.41) is 36.6. The first kappa shape index (κ1) is 30.1. The third-order valence-electron chi connectivity index (χ3n) is 8.41. The predicted molar refractivity (Wildman–Crippen MR) is 158 cm³/mol. The predicted octanol–water partition coefficient (Wildman–Crippen LogP) is 2.34. The fraction of sp³-hybridized carbons (Fsp3) is 0.406. The van der Waals surface area contributed by atoms with Crippen LogP contribution in [0.15, 0.2) is 72.8 Å². The summed E-state index contributed by atoms with van der Waals surface area (Å²) in [6.07, 6.45) is -5.91. The van der Waals surface area contributed by atoms with Crippen LogP contribution in [0, 0.1) is 5.92 Å². The highest BCUT2D eigenvalue weighted by Crippen LogP contribution is 2.49. The first-order valence-electron chi connectivity index (χ1n) is 13.9. The average molecular weight is 595 g/mol. The summed E-state index contributed by atoms with van der Waals surface area (Å²) in [6, 6.07) is 22.9. The Bertz CT molecular complexity index is 1350. The second-order valence-electron chi connectivity index (χ2n) is 11.7. The minimum absolute atomic E-state index is 0.0102. The van der Waals surface area contributed by atoms with Crippen molar-refractivity contribution >= 4 is 24.7 Å². The number of ether oxygens (including phenoxy) is 4. The summed E-state index contributed by atoms with van der Waals surface area (Å²) >= 11 is 0. The quantitative estimate of drug-likeness (QED) is 0.279. The largest absolute Gasteiger partial charge is 0.493 e. The monoisotopic (exact) mass is 594 g/mol. The molecule has 1 aliphatic heterocycles. The number of hydrogen-bond donors (Lipinski definition) is 3. The van der Waals surface area contributed by atoms with Crippen LogP contribution >= 0.6 is 0 Å². The van der Waals surface area contributed by atoms with E-state index in [1.165, 1.54) is 14.2 Å². The zero-order valence-electron chi connectivity index (χ0n) is 24.4. The molecule has 3 aromatic rings. The lowest BCUT2D eigenvalue weighted by Crippen LogP contribution is -2.72. The molecule has 0 spiro atoms. The van der Waals surface area contributed by atoms with E-state index in [-0.39, 0.29) is 6.79 Å². The summed E-state index contributed by atoms with van der Waals surface area (Å²) < 4.78 is 28.8. The van der Waals surface area contributed by atoms with Crippen LogP contribution in [0.2, 0.25) is 5.04 Å². The van der Waals surface area contributed by atoms with Crippen molar-refractivity contribution in [1.82, 2.24) is 0 Å². The third-order valence-corrected chi connectivity index (χ3v) is 13.4. The summed E-state index contributed by atoms with van der Waals surface area (Å²) in [5.74, 6) is -1.98. The number of methoxy groups -OCH3 is 2. The van der Waals surface area contributed by atoms with Crippen molar-refractivity contribution in [3.05, 3.63) is 78.4 Å². The van der Waals surface area contributed by atoms with E-state index in [2.05, 4.69) is 20.8 Å². The lowest BCUT2D eigenvalue weighted by molar-refractivity contribution is -0.183. The molecule has 3 N–H and O–H groups in total. The molecule has 6 atom stereocenters. The standard InChI is InChI=1S/C32H38O9Si/c1-32(2,3)42(20-12-8-6-9-13-20,21-14-10-7-11-15-21)41-30-27(34)24(25(31(36)38-5)26(33)28(30)35)19-16-22(37-4)29-23(17-19)39-18-40-29/h6-17,24-28,30,33-35H,18H2,1-5H3/t24-,25-,26+,27+,28+,30+/m1/s1. The highest BCUT2D eigenvalue weighted by molar-refractivity contribution is 6.99. The van der Waals surface area contributed by atoms with Gasteiger partial charge in [-0.3, -0.25) is 4.79 Å². The molecule has 0 saturated heterocycles. The molecule has 0 bridgehead atoms. The van der Waals surface area contributed by atoms with Crippen molar-refractivity contribution in [2.24, 2.45) is 5.92 Å². The molecule has 0 radical (unpaired) electrons. The van der Waals surface area contributed by atoms with Gasteiger partial charge in [0.25, 0.3) is 8.32 Å². The van der Waals surface area contributed by atoms with Crippen LogP contribution in [0.1, 0.15) is 32.3 Å². The van der Waals surface area contributed by atoms with Crippen molar-refractivity contribution in [1.29, 1.82) is 0 Å². The average Bonchev–Trinajstić information content (AvgIpc) is 3.47. The minimum Gasteiger partial charge on any atom is -0.493 e. The number of carbonyl (C=O) groups is 1. The summed E-state index contributed by atoms with van der Waals surface area (Å²) in [7, 11) is -0.609. The first-order valence-corrected chi connectivity index (χ1v) is 15.8. The zero-order valence-corrected chi connectivity index (χ0v) is 25.4. The number of benzene rings is 3. The molecule has 1 heterocycles. The maximum atomic E-state index is 13.1. The highest BCUT2D eigenvalue weighted by Gasteiger charge is 2.59. The Kier molecular flexibility index (Phi) is 8.37. The van der Waals surface area contributed by atoms with Crippen LogP contribution in [0.25, 0.3) is 0 Å². The Morgan fingerprint density at radius 1 is 0.857 bits per heavy atom. The minimum atomic E-state index is -3.29. The number of aliphatic hydroxyl groups excluding tert-OH is 3. The van der Waals surface area contributed by atoms with Gasteiger partial charge in [-0.1, -0.05) is 81.4 Å². The van der Waals surface area contributed by atoms with Gasteiger partial charge in [-0.15, -0.1) is 0 Å². The van der Waals surface area contributed by atoms with Gasteiger partial charge in [0.05, 0.1) is 32.3 Å². The zero-order chi connectivity index (χ0) is 30.2. The number of rotatable bonds is 7. The van der Waals surface area contributed by atoms with Crippen molar-refractivity contribution < 1.29 is 43.5 Å². The van der Waals surface area contributed by atoms with Crippen LogP contribution in [0.4, 0.5) is 0 Å². The maximum absolute atomic E-state index is 13.1. The Labute approximate surface area is 246 Å². The van der Waals surface area contributed by atoms with Crippen LogP contribution in [0.3, 0.4) is 0 Å². The highest BCUT2D eigenvalue weighted by atomic mass is 28.4. The van der Waals surface area contributed by atoms with E-state index in [9.17, 15) is 20.1 Å². The van der Waals surface area contributed by atoms with Gasteiger partial charge < -0.3 is 38.7 Å². The molecule has 9 nitrogen and oxygen atoms in total. The van der Waals surface area contributed by atoms with Gasteiger partial charge in [0.1, 0.15) is 12.2 Å². The molecule has 5 rings (SSSR count). The topological polar surface area (TPSA) is 124 Å². The summed E-state index contributed by atoms with van der Waals surface area (Å²) in [5.41, 5.74) is 0.445. The second kappa shape index (κ2) is 11.7. The van der Waals surface area contributed by atoms with Crippen LogP contribution in [-0.4, -0.2) is 75.0 Å². The van der Waals surface area contributed by atoms with E-state index >= 15 is 0 Å². The van der Waals surface area contributed by atoms with E-state index in [0.717, 1.165) is 10.4 Å². The molecule has 1 fully saturated rings. The molecule has 0 aromatic heterocycles. The molecule has 0 unspecified atom stereocenters. The molecular formula is C32H38O9Si. The second-order valence-corrected chi connectivity index (χ2v) is 16.0. The molecule has 0 amide bonds. The SMILES string of the molecule is COC(=O)[C@H]1[C@H](O)[C@H](O)[C@@H](O[Si](c2ccccc2)(c2ccccc2)C(C)(C)C)[C@@H](O)[C@@H]1c1cc(OC)c2c(c1)OCO2. The van der Waals surface area contributed by atoms with Crippen LogP contribution in [0.5, 0.6) is 17.2 Å². The Morgan fingerprint density at radius 2 is 1.45 bits per heavy atom. The number of esters is 1. The number of hydrogen-bond acceptors (Lipinski definition) is 9. The molecule has 10 heteroatoms. The van der Waals surface area contributed by atoms with Gasteiger partial charge in [-0.25, -0.2) is 0 Å². The van der Waals surface area contributed by atoms with Gasteiger partial charge >= 0.3 is 5.97 Å². The normalized spacial score (nSPS) is 25.6.